The Labute approximate surface area is 93.9 Å². The second-order valence-corrected chi connectivity index (χ2v) is 4.41. The molecule has 1 fully saturated rings. The van der Waals surface area contributed by atoms with Crippen LogP contribution in [0.15, 0.2) is 30.5 Å². The molecule has 0 spiro atoms. The Bertz CT molecular complexity index is 491. The molecule has 1 aliphatic heterocycles. The van der Waals surface area contributed by atoms with Gasteiger partial charge in [0.05, 0.1) is 0 Å². The van der Waals surface area contributed by atoms with Gasteiger partial charge in [-0.15, -0.1) is 0 Å². The highest BCUT2D eigenvalue weighted by Gasteiger charge is 2.23. The van der Waals surface area contributed by atoms with Gasteiger partial charge >= 0.3 is 0 Å². The van der Waals surface area contributed by atoms with Crippen LogP contribution in [-0.2, 0) is 0 Å². The normalized spacial score (nSPS) is 26.1. The summed E-state index contributed by atoms with van der Waals surface area (Å²) in [5.41, 5.74) is 2.32. The molecule has 16 heavy (non-hydrogen) atoms. The van der Waals surface area contributed by atoms with Crippen molar-refractivity contribution >= 4 is 10.9 Å². The van der Waals surface area contributed by atoms with E-state index in [4.69, 9.17) is 0 Å². The minimum atomic E-state index is -0.854. The first-order chi connectivity index (χ1) is 7.84. The number of H-pyrrole nitrogens is 1. The molecule has 2 unspecified atom stereocenters. The number of alkyl halides is 1. The van der Waals surface area contributed by atoms with E-state index in [1.165, 1.54) is 10.9 Å². The molecule has 2 N–H and O–H groups in total. The Hall–Kier alpha value is -1.35. The topological polar surface area (TPSA) is 27.8 Å². The van der Waals surface area contributed by atoms with Crippen LogP contribution < -0.4 is 5.32 Å². The van der Waals surface area contributed by atoms with E-state index in [0.29, 0.717) is 6.42 Å². The first-order valence-corrected chi connectivity index (χ1v) is 5.81. The lowest BCUT2D eigenvalue weighted by molar-refractivity contribution is 0.186. The highest BCUT2D eigenvalue weighted by molar-refractivity contribution is 5.83. The summed E-state index contributed by atoms with van der Waals surface area (Å²) in [5, 5.41) is 4.23. The quantitative estimate of drug-likeness (QED) is 0.706. The highest BCUT2D eigenvalue weighted by atomic mass is 19.1. The van der Waals surface area contributed by atoms with E-state index >= 15 is 0 Å². The molecule has 0 amide bonds. The monoisotopic (exact) mass is 218 g/mol. The Morgan fingerprint density at radius 1 is 1.19 bits per heavy atom. The third kappa shape index (κ3) is 1.61. The predicted molar refractivity (Wildman–Crippen MR) is 62.9 cm³/mol. The van der Waals surface area contributed by atoms with Gasteiger partial charge in [0.15, 0.2) is 6.30 Å². The lowest BCUT2D eigenvalue weighted by Gasteiger charge is -2.26. The second-order valence-electron chi connectivity index (χ2n) is 4.41. The molecule has 2 nitrogen and oxygen atoms in total. The van der Waals surface area contributed by atoms with Crippen molar-refractivity contribution in [2.45, 2.75) is 31.6 Å². The third-order valence-corrected chi connectivity index (χ3v) is 3.33. The summed E-state index contributed by atoms with van der Waals surface area (Å²) >= 11 is 0. The maximum atomic E-state index is 13.3. The maximum Gasteiger partial charge on any atom is 0.151 e. The highest BCUT2D eigenvalue weighted by Crippen LogP contribution is 2.30. The average molecular weight is 218 g/mol. The van der Waals surface area contributed by atoms with Gasteiger partial charge in [-0.05, 0) is 30.9 Å². The van der Waals surface area contributed by atoms with Crippen molar-refractivity contribution in [3.8, 4) is 0 Å². The van der Waals surface area contributed by atoms with Crippen LogP contribution in [0.25, 0.3) is 10.9 Å². The van der Waals surface area contributed by atoms with Crippen molar-refractivity contribution in [2.24, 2.45) is 0 Å². The number of para-hydroxylation sites is 1. The van der Waals surface area contributed by atoms with E-state index in [9.17, 15) is 4.39 Å². The minimum Gasteiger partial charge on any atom is -0.361 e. The molecule has 2 aromatic rings. The number of aromatic nitrogens is 1. The van der Waals surface area contributed by atoms with Crippen molar-refractivity contribution in [3.63, 3.8) is 0 Å². The van der Waals surface area contributed by atoms with Gasteiger partial charge < -0.3 is 4.98 Å². The van der Waals surface area contributed by atoms with Gasteiger partial charge in [0.1, 0.15) is 0 Å². The molecule has 1 aromatic heterocycles. The van der Waals surface area contributed by atoms with Gasteiger partial charge in [-0.2, -0.15) is 0 Å². The number of rotatable bonds is 1. The van der Waals surface area contributed by atoms with E-state index in [1.807, 2.05) is 18.3 Å². The molecule has 0 bridgehead atoms. The largest absolute Gasteiger partial charge is 0.361 e. The van der Waals surface area contributed by atoms with Crippen LogP contribution in [0, 0.1) is 0 Å². The van der Waals surface area contributed by atoms with Crippen molar-refractivity contribution < 1.29 is 4.39 Å². The molecule has 0 aliphatic carbocycles. The van der Waals surface area contributed by atoms with E-state index in [1.54, 1.807) is 0 Å². The number of piperidine rings is 1. The summed E-state index contributed by atoms with van der Waals surface area (Å²) in [6.45, 7) is 0. The van der Waals surface area contributed by atoms with E-state index < -0.39 is 6.30 Å². The van der Waals surface area contributed by atoms with Crippen LogP contribution in [-0.4, -0.2) is 11.3 Å². The predicted octanol–water partition coefficient (Wildman–Crippen LogP) is 3.28. The molecule has 2 atom stereocenters. The van der Waals surface area contributed by atoms with Gasteiger partial charge in [-0.3, -0.25) is 5.32 Å². The molecular weight excluding hydrogens is 203 g/mol. The maximum absolute atomic E-state index is 13.3. The fourth-order valence-corrected chi connectivity index (χ4v) is 2.51. The minimum absolute atomic E-state index is 0.153. The van der Waals surface area contributed by atoms with Gasteiger partial charge in [-0.25, -0.2) is 4.39 Å². The fourth-order valence-electron chi connectivity index (χ4n) is 2.51. The van der Waals surface area contributed by atoms with Gasteiger partial charge in [-0.1, -0.05) is 18.2 Å². The SMILES string of the molecule is FC1CCCC(c2c[nH]c3ccccc23)N1. The van der Waals surface area contributed by atoms with Crippen LogP contribution >= 0.6 is 0 Å². The number of halogens is 1. The van der Waals surface area contributed by atoms with Crippen molar-refractivity contribution in [3.05, 3.63) is 36.0 Å². The van der Waals surface area contributed by atoms with Crippen LogP contribution in [0.5, 0.6) is 0 Å². The van der Waals surface area contributed by atoms with E-state index in [0.717, 1.165) is 18.4 Å². The van der Waals surface area contributed by atoms with Crippen LogP contribution in [0.4, 0.5) is 4.39 Å². The van der Waals surface area contributed by atoms with Crippen LogP contribution in [0.1, 0.15) is 30.9 Å². The third-order valence-electron chi connectivity index (χ3n) is 3.33. The Kier molecular flexibility index (Phi) is 2.40. The first-order valence-electron chi connectivity index (χ1n) is 5.81. The summed E-state index contributed by atoms with van der Waals surface area (Å²) in [6, 6.07) is 8.32. The van der Waals surface area contributed by atoms with Crippen molar-refractivity contribution in [2.75, 3.05) is 0 Å². The number of fused-ring (bicyclic) bond motifs is 1. The van der Waals surface area contributed by atoms with E-state index in [-0.39, 0.29) is 6.04 Å². The zero-order valence-corrected chi connectivity index (χ0v) is 9.04. The van der Waals surface area contributed by atoms with Gasteiger partial charge in [0.25, 0.3) is 0 Å². The average Bonchev–Trinajstić information content (AvgIpc) is 2.72. The summed E-state index contributed by atoms with van der Waals surface area (Å²) in [5.74, 6) is 0. The molecule has 1 aliphatic rings. The zero-order chi connectivity index (χ0) is 11.0. The van der Waals surface area contributed by atoms with Crippen LogP contribution in [0.3, 0.4) is 0 Å². The summed E-state index contributed by atoms with van der Waals surface area (Å²) in [6.07, 6.45) is 3.76. The number of aromatic amines is 1. The number of hydrogen-bond acceptors (Lipinski definition) is 1. The lowest BCUT2D eigenvalue weighted by Crippen LogP contribution is -2.33. The molecule has 0 radical (unpaired) electrons. The Morgan fingerprint density at radius 2 is 2.06 bits per heavy atom. The van der Waals surface area contributed by atoms with Gasteiger partial charge in [0.2, 0.25) is 0 Å². The van der Waals surface area contributed by atoms with E-state index in [2.05, 4.69) is 22.4 Å². The molecule has 1 aromatic carbocycles. The smallest absolute Gasteiger partial charge is 0.151 e. The summed E-state index contributed by atoms with van der Waals surface area (Å²) in [7, 11) is 0. The molecule has 3 heteroatoms. The lowest BCUT2D eigenvalue weighted by atomic mass is 9.97. The van der Waals surface area contributed by atoms with Gasteiger partial charge in [0, 0.05) is 23.1 Å². The molecular formula is C13H15FN2. The Morgan fingerprint density at radius 3 is 2.94 bits per heavy atom. The second kappa shape index (κ2) is 3.91. The molecule has 1 saturated heterocycles. The first kappa shape index (κ1) is 9.85. The number of benzene rings is 1. The molecule has 0 saturated carbocycles. The zero-order valence-electron chi connectivity index (χ0n) is 9.04. The molecule has 2 heterocycles. The standard InChI is InChI=1S/C13H15FN2/c14-13-7-3-6-12(16-13)10-8-15-11-5-2-1-4-9(10)11/h1-2,4-5,8,12-13,15-16H,3,6-7H2. The summed E-state index contributed by atoms with van der Waals surface area (Å²) in [4.78, 5) is 3.24. The molecule has 84 valence electrons. The molecule has 3 rings (SSSR count). The van der Waals surface area contributed by atoms with Crippen LogP contribution in [0.2, 0.25) is 0 Å². The van der Waals surface area contributed by atoms with Crippen molar-refractivity contribution in [1.29, 1.82) is 0 Å². The number of nitrogens with one attached hydrogen (secondary N) is 2. The number of hydrogen-bond donors (Lipinski definition) is 2. The summed E-state index contributed by atoms with van der Waals surface area (Å²) < 4.78 is 13.3. The van der Waals surface area contributed by atoms with Crippen molar-refractivity contribution in [1.82, 2.24) is 10.3 Å². The fraction of sp³-hybridized carbons (Fsp3) is 0.385. The Balaban J connectivity index is 1.99.